The number of ketones is 1. The smallest absolute Gasteiger partial charge is 0.169 e. The Morgan fingerprint density at radius 3 is 2.42 bits per heavy atom. The van der Waals surface area contributed by atoms with E-state index in [-0.39, 0.29) is 11.2 Å². The average Bonchev–Trinajstić information content (AvgIpc) is 2.39. The molecular weight excluding hydrogens is 304 g/mol. The van der Waals surface area contributed by atoms with Gasteiger partial charge in [-0.05, 0) is 12.1 Å². The molecule has 19 heavy (non-hydrogen) atoms. The molecule has 0 atom stereocenters. The monoisotopic (exact) mass is 324 g/mol. The van der Waals surface area contributed by atoms with Crippen molar-refractivity contribution < 1.29 is 4.79 Å². The molecule has 4 heteroatoms. The lowest BCUT2D eigenvalue weighted by atomic mass is 9.83. The van der Waals surface area contributed by atoms with Crippen LogP contribution in [-0.2, 0) is 0 Å². The van der Waals surface area contributed by atoms with E-state index < -0.39 is 0 Å². The molecule has 1 aromatic rings. The maximum absolute atomic E-state index is 12.6. The van der Waals surface area contributed by atoms with Crippen LogP contribution in [-0.4, -0.2) is 43.4 Å². The molecule has 1 aromatic carbocycles. The van der Waals surface area contributed by atoms with Crippen LogP contribution in [0.15, 0.2) is 28.7 Å². The Balaban J connectivity index is 2.05. The number of piperazine rings is 1. The van der Waals surface area contributed by atoms with Crippen molar-refractivity contribution in [1.29, 1.82) is 0 Å². The van der Waals surface area contributed by atoms with Gasteiger partial charge in [-0.15, -0.1) is 0 Å². The maximum atomic E-state index is 12.6. The van der Waals surface area contributed by atoms with Crippen LogP contribution < -0.4 is 5.32 Å². The number of carbonyl (C=O) groups excluding carboxylic acids is 1. The summed E-state index contributed by atoms with van der Waals surface area (Å²) in [6, 6.07) is 7.64. The van der Waals surface area contributed by atoms with E-state index in [1.807, 2.05) is 38.1 Å². The quantitative estimate of drug-likeness (QED) is 0.864. The Bertz CT molecular complexity index is 436. The topological polar surface area (TPSA) is 32.3 Å². The van der Waals surface area contributed by atoms with Crippen molar-refractivity contribution in [3.8, 4) is 0 Å². The van der Waals surface area contributed by atoms with E-state index in [1.54, 1.807) is 0 Å². The summed E-state index contributed by atoms with van der Waals surface area (Å²) in [7, 11) is 0. The fourth-order valence-electron chi connectivity index (χ4n) is 2.49. The molecule has 1 aliphatic heterocycles. The number of hydrogen-bond donors (Lipinski definition) is 1. The number of rotatable bonds is 4. The van der Waals surface area contributed by atoms with Crippen molar-refractivity contribution >= 4 is 21.7 Å². The Morgan fingerprint density at radius 2 is 1.84 bits per heavy atom. The number of Topliss-reactive ketones (excluding diaryl/α,β-unsaturated/α-hetero) is 1. The normalized spacial score (nSPS) is 17.4. The first-order valence-corrected chi connectivity index (χ1v) is 7.52. The molecule has 104 valence electrons. The molecule has 0 bridgehead atoms. The third kappa shape index (κ3) is 3.88. The first-order chi connectivity index (χ1) is 8.99. The molecule has 0 amide bonds. The van der Waals surface area contributed by atoms with E-state index in [4.69, 9.17) is 0 Å². The van der Waals surface area contributed by atoms with Gasteiger partial charge in [0.05, 0.1) is 0 Å². The number of hydrogen-bond acceptors (Lipinski definition) is 3. The summed E-state index contributed by atoms with van der Waals surface area (Å²) in [6.07, 6.45) is 0. The van der Waals surface area contributed by atoms with E-state index >= 15 is 0 Å². The van der Waals surface area contributed by atoms with Crippen LogP contribution in [0, 0.1) is 5.41 Å². The highest BCUT2D eigenvalue weighted by Crippen LogP contribution is 2.24. The van der Waals surface area contributed by atoms with Crippen molar-refractivity contribution in [2.24, 2.45) is 5.41 Å². The molecule has 1 heterocycles. The number of carbonyl (C=O) groups is 1. The lowest BCUT2D eigenvalue weighted by Crippen LogP contribution is -2.48. The van der Waals surface area contributed by atoms with Crippen molar-refractivity contribution in [2.75, 3.05) is 32.7 Å². The van der Waals surface area contributed by atoms with Gasteiger partial charge >= 0.3 is 0 Å². The van der Waals surface area contributed by atoms with Crippen LogP contribution in [0.1, 0.15) is 24.2 Å². The zero-order valence-electron chi connectivity index (χ0n) is 11.6. The SMILES string of the molecule is CC(C)(CN1CCNCC1)C(=O)c1ccc(Br)cc1. The van der Waals surface area contributed by atoms with Gasteiger partial charge in [0.25, 0.3) is 0 Å². The Kier molecular flexibility index (Phi) is 4.76. The lowest BCUT2D eigenvalue weighted by molar-refractivity contribution is 0.0752. The highest BCUT2D eigenvalue weighted by Gasteiger charge is 2.31. The number of nitrogens with one attached hydrogen (secondary N) is 1. The second-order valence-corrected chi connectivity index (χ2v) is 6.66. The van der Waals surface area contributed by atoms with Crippen molar-refractivity contribution in [1.82, 2.24) is 10.2 Å². The summed E-state index contributed by atoms with van der Waals surface area (Å²) >= 11 is 3.40. The van der Waals surface area contributed by atoms with E-state index in [2.05, 4.69) is 26.1 Å². The molecule has 0 saturated carbocycles. The summed E-state index contributed by atoms with van der Waals surface area (Å²) in [5.41, 5.74) is 0.453. The number of nitrogens with zero attached hydrogens (tertiary/aromatic N) is 1. The van der Waals surface area contributed by atoms with Gasteiger partial charge < -0.3 is 5.32 Å². The van der Waals surface area contributed by atoms with E-state index in [1.165, 1.54) is 0 Å². The number of halogens is 1. The van der Waals surface area contributed by atoms with Crippen LogP contribution in [0.2, 0.25) is 0 Å². The third-order valence-corrected chi connectivity index (χ3v) is 4.08. The van der Waals surface area contributed by atoms with Crippen molar-refractivity contribution in [3.63, 3.8) is 0 Å². The summed E-state index contributed by atoms with van der Waals surface area (Å²) in [4.78, 5) is 15.0. The molecule has 0 radical (unpaired) electrons. The molecule has 1 N–H and O–H groups in total. The second-order valence-electron chi connectivity index (χ2n) is 5.75. The Labute approximate surface area is 123 Å². The molecule has 3 nitrogen and oxygen atoms in total. The average molecular weight is 325 g/mol. The van der Waals surface area contributed by atoms with Gasteiger partial charge in [0.1, 0.15) is 0 Å². The first kappa shape index (κ1) is 14.7. The Morgan fingerprint density at radius 1 is 1.26 bits per heavy atom. The van der Waals surface area contributed by atoms with Gasteiger partial charge in [-0.2, -0.15) is 0 Å². The summed E-state index contributed by atoms with van der Waals surface area (Å²) < 4.78 is 1.00. The molecule has 2 rings (SSSR count). The minimum atomic E-state index is -0.342. The van der Waals surface area contributed by atoms with Gasteiger partial charge in [0, 0.05) is 48.2 Å². The molecule has 1 fully saturated rings. The predicted octanol–water partition coefficient (Wildman–Crippen LogP) is 2.56. The third-order valence-electron chi connectivity index (χ3n) is 3.55. The van der Waals surface area contributed by atoms with Gasteiger partial charge in [-0.3, -0.25) is 9.69 Å². The van der Waals surface area contributed by atoms with Gasteiger partial charge in [-0.1, -0.05) is 41.9 Å². The summed E-state index contributed by atoms with van der Waals surface area (Å²) in [6.45, 7) is 8.99. The minimum absolute atomic E-state index is 0.221. The molecule has 0 unspecified atom stereocenters. The molecular formula is C15H21BrN2O. The standard InChI is InChI=1S/C15H21BrN2O/c1-15(2,11-18-9-7-17-8-10-18)14(19)12-3-5-13(16)6-4-12/h3-6,17H,7-11H2,1-2H3. The van der Waals surface area contributed by atoms with E-state index in [0.717, 1.165) is 42.8 Å². The first-order valence-electron chi connectivity index (χ1n) is 6.72. The van der Waals surface area contributed by atoms with Crippen LogP contribution in [0.4, 0.5) is 0 Å². The molecule has 0 aliphatic carbocycles. The fourth-order valence-corrected chi connectivity index (χ4v) is 2.76. The summed E-state index contributed by atoms with van der Waals surface area (Å²) in [5, 5.41) is 3.34. The minimum Gasteiger partial charge on any atom is -0.314 e. The fraction of sp³-hybridized carbons (Fsp3) is 0.533. The van der Waals surface area contributed by atoms with Gasteiger partial charge in [0.2, 0.25) is 0 Å². The van der Waals surface area contributed by atoms with Gasteiger partial charge in [-0.25, -0.2) is 0 Å². The Hall–Kier alpha value is -0.710. The lowest BCUT2D eigenvalue weighted by Gasteiger charge is -2.34. The molecule has 1 saturated heterocycles. The summed E-state index contributed by atoms with van der Waals surface area (Å²) in [5.74, 6) is 0.221. The van der Waals surface area contributed by atoms with Crippen LogP contribution >= 0.6 is 15.9 Å². The zero-order valence-corrected chi connectivity index (χ0v) is 13.2. The molecule has 0 aromatic heterocycles. The molecule has 1 aliphatic rings. The zero-order chi connectivity index (χ0) is 13.9. The predicted molar refractivity (Wildman–Crippen MR) is 81.6 cm³/mol. The highest BCUT2D eigenvalue weighted by molar-refractivity contribution is 9.10. The van der Waals surface area contributed by atoms with Crippen LogP contribution in [0.3, 0.4) is 0 Å². The highest BCUT2D eigenvalue weighted by atomic mass is 79.9. The van der Waals surface area contributed by atoms with Gasteiger partial charge in [0.15, 0.2) is 5.78 Å². The van der Waals surface area contributed by atoms with Crippen LogP contribution in [0.25, 0.3) is 0 Å². The second kappa shape index (κ2) is 6.16. The largest absolute Gasteiger partial charge is 0.314 e. The molecule has 0 spiro atoms. The maximum Gasteiger partial charge on any atom is 0.169 e. The van der Waals surface area contributed by atoms with E-state index in [9.17, 15) is 4.79 Å². The number of benzene rings is 1. The van der Waals surface area contributed by atoms with Crippen molar-refractivity contribution in [2.45, 2.75) is 13.8 Å². The van der Waals surface area contributed by atoms with Crippen LogP contribution in [0.5, 0.6) is 0 Å². The van der Waals surface area contributed by atoms with Crippen molar-refractivity contribution in [3.05, 3.63) is 34.3 Å². The van der Waals surface area contributed by atoms with E-state index in [0.29, 0.717) is 0 Å².